The predicted octanol–water partition coefficient (Wildman–Crippen LogP) is 2.50. The predicted molar refractivity (Wildman–Crippen MR) is 73.7 cm³/mol. The maximum absolute atomic E-state index is 12.3. The van der Waals surface area contributed by atoms with E-state index in [9.17, 15) is 8.42 Å². The van der Waals surface area contributed by atoms with Gasteiger partial charge in [0.2, 0.25) is 10.0 Å². The number of nitriles is 1. The molecule has 1 aromatic carbocycles. The number of benzene rings is 1. The van der Waals surface area contributed by atoms with Crippen LogP contribution in [-0.4, -0.2) is 25.3 Å². The van der Waals surface area contributed by atoms with Crippen molar-refractivity contribution in [2.24, 2.45) is 0 Å². The lowest BCUT2D eigenvalue weighted by atomic mass is 10.1. The second-order valence-corrected chi connectivity index (χ2v) is 6.95. The van der Waals surface area contributed by atoms with Gasteiger partial charge in [0, 0.05) is 12.4 Å². The van der Waals surface area contributed by atoms with E-state index in [4.69, 9.17) is 5.26 Å². The summed E-state index contributed by atoms with van der Waals surface area (Å²) in [5.74, 6) is 0. The third-order valence-corrected chi connectivity index (χ3v) is 5.49. The van der Waals surface area contributed by atoms with Gasteiger partial charge in [-0.15, -0.1) is 0 Å². The molecule has 0 saturated carbocycles. The molecule has 0 aliphatic rings. The molecule has 0 N–H and O–H groups in total. The number of alkyl halides is 1. The standard InChI is InChI=1S/C12H15BrN2O2S/c1-12(2,9-14)15(3)18(16,17)11-6-4-10(8-13)5-7-11/h4-7H,8H2,1-3H3. The SMILES string of the molecule is CN(C(C)(C)C#N)S(=O)(=O)c1ccc(CBr)cc1. The van der Waals surface area contributed by atoms with Crippen molar-refractivity contribution in [3.63, 3.8) is 0 Å². The van der Waals surface area contributed by atoms with Crippen LogP contribution in [0.2, 0.25) is 0 Å². The molecule has 0 bridgehead atoms. The minimum atomic E-state index is -3.64. The molecule has 0 aromatic heterocycles. The van der Waals surface area contributed by atoms with Crippen molar-refractivity contribution >= 4 is 26.0 Å². The van der Waals surface area contributed by atoms with Crippen LogP contribution in [0.1, 0.15) is 19.4 Å². The highest BCUT2D eigenvalue weighted by atomic mass is 79.9. The fourth-order valence-corrected chi connectivity index (χ4v) is 3.09. The Morgan fingerprint density at radius 1 is 1.33 bits per heavy atom. The normalized spacial score (nSPS) is 12.4. The van der Waals surface area contributed by atoms with E-state index in [1.165, 1.54) is 7.05 Å². The van der Waals surface area contributed by atoms with E-state index in [0.29, 0.717) is 5.33 Å². The van der Waals surface area contributed by atoms with Gasteiger partial charge in [-0.3, -0.25) is 0 Å². The van der Waals surface area contributed by atoms with E-state index < -0.39 is 15.6 Å². The Morgan fingerprint density at radius 3 is 2.22 bits per heavy atom. The van der Waals surface area contributed by atoms with Gasteiger partial charge in [0.1, 0.15) is 5.54 Å². The molecule has 98 valence electrons. The van der Waals surface area contributed by atoms with E-state index in [0.717, 1.165) is 9.87 Å². The van der Waals surface area contributed by atoms with E-state index in [-0.39, 0.29) is 4.90 Å². The Balaban J connectivity index is 3.18. The zero-order chi connectivity index (χ0) is 14.0. The largest absolute Gasteiger partial charge is 0.244 e. The minimum absolute atomic E-state index is 0.193. The molecule has 18 heavy (non-hydrogen) atoms. The number of halogens is 1. The van der Waals surface area contributed by atoms with Gasteiger partial charge in [0.05, 0.1) is 11.0 Å². The van der Waals surface area contributed by atoms with Gasteiger partial charge in [-0.05, 0) is 31.5 Å². The second-order valence-electron chi connectivity index (χ2n) is 4.42. The summed E-state index contributed by atoms with van der Waals surface area (Å²) >= 11 is 3.30. The number of rotatable bonds is 4. The first kappa shape index (κ1) is 15.2. The second kappa shape index (κ2) is 5.39. The Morgan fingerprint density at radius 2 is 1.83 bits per heavy atom. The first-order valence-corrected chi connectivity index (χ1v) is 7.87. The molecule has 0 fully saturated rings. The third kappa shape index (κ3) is 2.91. The molecule has 1 aromatic rings. The lowest BCUT2D eigenvalue weighted by Crippen LogP contribution is -2.43. The summed E-state index contributed by atoms with van der Waals surface area (Å²) in [5, 5.41) is 9.67. The van der Waals surface area contributed by atoms with E-state index >= 15 is 0 Å². The lowest BCUT2D eigenvalue weighted by Gasteiger charge is -2.28. The molecule has 0 aliphatic carbocycles. The molecule has 0 atom stereocenters. The molecule has 0 amide bonds. The Hall–Kier alpha value is -0.900. The van der Waals surface area contributed by atoms with Crippen molar-refractivity contribution in [3.05, 3.63) is 29.8 Å². The highest BCUT2D eigenvalue weighted by molar-refractivity contribution is 9.08. The molecular weight excluding hydrogens is 316 g/mol. The van der Waals surface area contributed by atoms with Crippen LogP contribution in [0.4, 0.5) is 0 Å². The molecule has 0 radical (unpaired) electrons. The van der Waals surface area contributed by atoms with Crippen LogP contribution in [0.3, 0.4) is 0 Å². The Bertz CT molecular complexity index is 559. The monoisotopic (exact) mass is 330 g/mol. The molecular formula is C12H15BrN2O2S. The van der Waals surface area contributed by atoms with Crippen LogP contribution in [0, 0.1) is 11.3 Å². The van der Waals surface area contributed by atoms with Gasteiger partial charge in [-0.25, -0.2) is 8.42 Å². The summed E-state index contributed by atoms with van der Waals surface area (Å²) in [6.07, 6.45) is 0. The third-order valence-electron chi connectivity index (χ3n) is 2.80. The molecule has 4 nitrogen and oxygen atoms in total. The van der Waals surface area contributed by atoms with Crippen LogP contribution in [-0.2, 0) is 15.4 Å². The lowest BCUT2D eigenvalue weighted by molar-refractivity contribution is 0.337. The van der Waals surface area contributed by atoms with Crippen molar-refractivity contribution in [1.29, 1.82) is 5.26 Å². The maximum atomic E-state index is 12.3. The van der Waals surface area contributed by atoms with Gasteiger partial charge < -0.3 is 0 Å². The van der Waals surface area contributed by atoms with Gasteiger partial charge >= 0.3 is 0 Å². The summed E-state index contributed by atoms with van der Waals surface area (Å²) in [4.78, 5) is 0.193. The number of sulfonamides is 1. The van der Waals surface area contributed by atoms with Gasteiger partial charge in [0.15, 0.2) is 0 Å². The summed E-state index contributed by atoms with van der Waals surface area (Å²) in [6.45, 7) is 3.13. The van der Waals surface area contributed by atoms with Crippen molar-refractivity contribution in [1.82, 2.24) is 4.31 Å². The first-order valence-electron chi connectivity index (χ1n) is 5.31. The number of hydrogen-bond acceptors (Lipinski definition) is 3. The average Bonchev–Trinajstić information content (AvgIpc) is 2.37. The fraction of sp³-hybridized carbons (Fsp3) is 0.417. The molecule has 0 spiro atoms. The topological polar surface area (TPSA) is 61.2 Å². The first-order chi connectivity index (χ1) is 8.25. The summed E-state index contributed by atoms with van der Waals surface area (Å²) < 4.78 is 25.7. The molecule has 0 heterocycles. The summed E-state index contributed by atoms with van der Waals surface area (Å²) in [7, 11) is -2.22. The van der Waals surface area contributed by atoms with Crippen LogP contribution in [0.15, 0.2) is 29.2 Å². The van der Waals surface area contributed by atoms with Crippen molar-refractivity contribution in [2.45, 2.75) is 29.6 Å². The van der Waals surface area contributed by atoms with Crippen LogP contribution in [0.25, 0.3) is 0 Å². The quantitative estimate of drug-likeness (QED) is 0.797. The zero-order valence-electron chi connectivity index (χ0n) is 10.5. The van der Waals surface area contributed by atoms with Crippen LogP contribution >= 0.6 is 15.9 Å². The molecule has 1 rings (SSSR count). The molecule has 0 unspecified atom stereocenters. The van der Waals surface area contributed by atoms with Gasteiger partial charge in [-0.1, -0.05) is 28.1 Å². The Labute approximate surface area is 116 Å². The molecule has 0 aliphatic heterocycles. The smallest absolute Gasteiger partial charge is 0.207 e. The molecule has 0 saturated heterocycles. The number of nitrogens with zero attached hydrogens (tertiary/aromatic N) is 2. The average molecular weight is 331 g/mol. The zero-order valence-corrected chi connectivity index (χ0v) is 12.9. The van der Waals surface area contributed by atoms with E-state index in [1.807, 2.05) is 6.07 Å². The maximum Gasteiger partial charge on any atom is 0.244 e. The van der Waals surface area contributed by atoms with E-state index in [1.54, 1.807) is 38.1 Å². The van der Waals surface area contributed by atoms with Crippen LogP contribution in [0.5, 0.6) is 0 Å². The number of hydrogen-bond donors (Lipinski definition) is 0. The highest BCUT2D eigenvalue weighted by Crippen LogP contribution is 2.22. The Kier molecular flexibility index (Phi) is 4.54. The van der Waals surface area contributed by atoms with Gasteiger partial charge in [0.25, 0.3) is 0 Å². The summed E-state index contributed by atoms with van der Waals surface area (Å²) in [5.41, 5.74) is -0.0800. The highest BCUT2D eigenvalue weighted by Gasteiger charge is 2.33. The van der Waals surface area contributed by atoms with Crippen molar-refractivity contribution in [3.8, 4) is 6.07 Å². The molecule has 6 heteroatoms. The van der Waals surface area contributed by atoms with E-state index in [2.05, 4.69) is 15.9 Å². The van der Waals surface area contributed by atoms with Crippen LogP contribution < -0.4 is 0 Å². The van der Waals surface area contributed by atoms with Crippen molar-refractivity contribution < 1.29 is 8.42 Å². The van der Waals surface area contributed by atoms with Crippen molar-refractivity contribution in [2.75, 3.05) is 7.05 Å². The summed E-state index contributed by atoms with van der Waals surface area (Å²) in [6, 6.07) is 8.57. The fourth-order valence-electron chi connectivity index (χ4n) is 1.28. The van der Waals surface area contributed by atoms with Gasteiger partial charge in [-0.2, -0.15) is 9.57 Å². The minimum Gasteiger partial charge on any atom is -0.207 e.